The summed E-state index contributed by atoms with van der Waals surface area (Å²) in [6.07, 6.45) is -5.07. The molecule has 1 amide bonds. The van der Waals surface area contributed by atoms with Gasteiger partial charge in [0.05, 0.1) is 17.8 Å². The Hall–Kier alpha value is -2.14. The molecule has 0 saturated carbocycles. The van der Waals surface area contributed by atoms with Crippen LogP contribution in [0.2, 0.25) is 0 Å². The smallest absolute Gasteiger partial charge is 0.410 e. The van der Waals surface area contributed by atoms with Crippen LogP contribution in [0.15, 0.2) is 24.8 Å². The van der Waals surface area contributed by atoms with Crippen molar-refractivity contribution >= 4 is 21.7 Å². The normalized spacial score (nSPS) is 20.0. The molecule has 1 fully saturated rings. The van der Waals surface area contributed by atoms with Gasteiger partial charge in [0.2, 0.25) is 10.0 Å². The number of ether oxygens (including phenoxy) is 1. The molecular weight excluding hydrogens is 435 g/mol. The molecule has 1 aromatic heterocycles. The van der Waals surface area contributed by atoms with Crippen LogP contribution in [0.25, 0.3) is 5.57 Å². The van der Waals surface area contributed by atoms with E-state index in [1.165, 1.54) is 4.90 Å². The first-order valence-corrected chi connectivity index (χ1v) is 11.6. The Morgan fingerprint density at radius 1 is 1.39 bits per heavy atom. The molecule has 31 heavy (non-hydrogen) atoms. The number of halogens is 3. The first kappa shape index (κ1) is 25.1. The summed E-state index contributed by atoms with van der Waals surface area (Å²) in [6, 6.07) is 3.58. The summed E-state index contributed by atoms with van der Waals surface area (Å²) in [6.45, 7) is 9.28. The Bertz CT molecular complexity index is 903. The van der Waals surface area contributed by atoms with E-state index in [4.69, 9.17) is 4.74 Å². The molecule has 0 aromatic carbocycles. The molecule has 2 atom stereocenters. The lowest BCUT2D eigenvalue weighted by Crippen LogP contribution is -2.58. The van der Waals surface area contributed by atoms with Gasteiger partial charge in [0, 0.05) is 24.7 Å². The summed E-state index contributed by atoms with van der Waals surface area (Å²) in [4.78, 5) is 18.5. The Morgan fingerprint density at radius 3 is 2.65 bits per heavy atom. The molecule has 1 saturated heterocycles. The SMILES string of the molecule is C=C(C)c1cccc(C[C@H]2[C@@H](NS(=O)(=O)CC(F)(F)F)CCCN2C(=O)OC(C)C)n1. The van der Waals surface area contributed by atoms with E-state index in [-0.39, 0.29) is 12.8 Å². The second kappa shape index (κ2) is 9.99. The van der Waals surface area contributed by atoms with Gasteiger partial charge in [-0.2, -0.15) is 13.2 Å². The lowest BCUT2D eigenvalue weighted by molar-refractivity contribution is -0.106. The van der Waals surface area contributed by atoms with Gasteiger partial charge in [0.25, 0.3) is 0 Å². The molecular formula is C20H28F3N3O4S. The van der Waals surface area contributed by atoms with Gasteiger partial charge in [-0.15, -0.1) is 0 Å². The fourth-order valence-corrected chi connectivity index (χ4v) is 4.73. The summed E-state index contributed by atoms with van der Waals surface area (Å²) in [7, 11) is -4.65. The average molecular weight is 464 g/mol. The number of piperidine rings is 1. The molecule has 11 heteroatoms. The highest BCUT2D eigenvalue weighted by Crippen LogP contribution is 2.25. The molecule has 0 unspecified atom stereocenters. The summed E-state index contributed by atoms with van der Waals surface area (Å²) in [5, 5.41) is 0. The van der Waals surface area contributed by atoms with Crippen LogP contribution in [-0.2, 0) is 21.2 Å². The maximum absolute atomic E-state index is 12.7. The molecule has 1 aliphatic rings. The average Bonchev–Trinajstić information content (AvgIpc) is 2.60. The number of likely N-dealkylation sites (tertiary alicyclic amines) is 1. The molecule has 7 nitrogen and oxygen atoms in total. The molecule has 2 heterocycles. The van der Waals surface area contributed by atoms with Crippen LogP contribution in [-0.4, -0.2) is 61.1 Å². The highest BCUT2D eigenvalue weighted by Gasteiger charge is 2.41. The number of amides is 1. The van der Waals surface area contributed by atoms with Gasteiger partial charge in [-0.1, -0.05) is 12.6 Å². The van der Waals surface area contributed by atoms with Crippen LogP contribution in [0, 0.1) is 0 Å². The van der Waals surface area contributed by atoms with Crippen molar-refractivity contribution in [3.8, 4) is 0 Å². The second-order valence-corrected chi connectivity index (χ2v) is 9.69. The fraction of sp³-hybridized carbons (Fsp3) is 0.600. The van der Waals surface area contributed by atoms with Crippen molar-refractivity contribution in [2.45, 2.75) is 64.4 Å². The minimum atomic E-state index is -4.87. The van der Waals surface area contributed by atoms with Gasteiger partial charge in [0.1, 0.15) is 0 Å². The molecule has 0 aliphatic carbocycles. The quantitative estimate of drug-likeness (QED) is 0.669. The minimum Gasteiger partial charge on any atom is -0.447 e. The second-order valence-electron chi connectivity index (χ2n) is 7.93. The highest BCUT2D eigenvalue weighted by atomic mass is 32.2. The third kappa shape index (κ3) is 7.80. The van der Waals surface area contributed by atoms with Crippen LogP contribution in [0.5, 0.6) is 0 Å². The molecule has 174 valence electrons. The molecule has 1 N–H and O–H groups in total. The lowest BCUT2D eigenvalue weighted by atomic mass is 9.93. The highest BCUT2D eigenvalue weighted by molar-refractivity contribution is 7.89. The van der Waals surface area contributed by atoms with Gasteiger partial charge >= 0.3 is 12.3 Å². The van der Waals surface area contributed by atoms with Crippen LogP contribution in [0.4, 0.5) is 18.0 Å². The maximum Gasteiger partial charge on any atom is 0.410 e. The van der Waals surface area contributed by atoms with E-state index in [0.717, 1.165) is 5.57 Å². The molecule has 1 aliphatic heterocycles. The number of nitrogens with zero attached hydrogens (tertiary/aromatic N) is 2. The number of carbonyl (C=O) groups excluding carboxylic acids is 1. The third-order valence-electron chi connectivity index (χ3n) is 4.70. The number of alkyl halides is 3. The molecule has 0 bridgehead atoms. The van der Waals surface area contributed by atoms with Crippen molar-refractivity contribution in [1.82, 2.24) is 14.6 Å². The number of sulfonamides is 1. The maximum atomic E-state index is 12.7. The number of nitrogens with one attached hydrogen (secondary N) is 1. The van der Waals surface area contributed by atoms with Crippen molar-refractivity contribution in [2.75, 3.05) is 12.3 Å². The van der Waals surface area contributed by atoms with Crippen LogP contribution < -0.4 is 4.72 Å². The Balaban J connectivity index is 2.34. The number of hydrogen-bond acceptors (Lipinski definition) is 5. The van der Waals surface area contributed by atoms with E-state index in [1.807, 2.05) is 0 Å². The van der Waals surface area contributed by atoms with E-state index in [2.05, 4.69) is 16.3 Å². The van der Waals surface area contributed by atoms with E-state index in [1.54, 1.807) is 39.0 Å². The van der Waals surface area contributed by atoms with Crippen molar-refractivity contribution in [3.05, 3.63) is 36.2 Å². The van der Waals surface area contributed by atoms with Crippen molar-refractivity contribution in [3.63, 3.8) is 0 Å². The lowest BCUT2D eigenvalue weighted by Gasteiger charge is -2.41. The van der Waals surface area contributed by atoms with Crippen LogP contribution in [0.1, 0.15) is 45.0 Å². The van der Waals surface area contributed by atoms with Gasteiger partial charge < -0.3 is 9.64 Å². The Kier molecular flexibility index (Phi) is 8.09. The molecule has 2 rings (SSSR count). The Labute approximate surface area is 180 Å². The van der Waals surface area contributed by atoms with Gasteiger partial charge in [-0.3, -0.25) is 4.98 Å². The largest absolute Gasteiger partial charge is 0.447 e. The minimum absolute atomic E-state index is 0.146. The summed E-state index contributed by atoms with van der Waals surface area (Å²) < 4.78 is 69.8. The van der Waals surface area contributed by atoms with E-state index >= 15 is 0 Å². The first-order chi connectivity index (χ1) is 14.3. The number of carbonyl (C=O) groups is 1. The van der Waals surface area contributed by atoms with Crippen molar-refractivity contribution in [2.24, 2.45) is 0 Å². The zero-order chi connectivity index (χ0) is 23.4. The van der Waals surface area contributed by atoms with Crippen LogP contribution in [0.3, 0.4) is 0 Å². The summed E-state index contributed by atoms with van der Waals surface area (Å²) >= 11 is 0. The molecule has 0 spiro atoms. The number of allylic oxidation sites excluding steroid dienone is 1. The van der Waals surface area contributed by atoms with E-state index in [9.17, 15) is 26.4 Å². The predicted octanol–water partition coefficient (Wildman–Crippen LogP) is 3.52. The Morgan fingerprint density at radius 2 is 2.06 bits per heavy atom. The van der Waals surface area contributed by atoms with Gasteiger partial charge in [-0.05, 0) is 51.3 Å². The number of rotatable bonds is 7. The van der Waals surface area contributed by atoms with Crippen molar-refractivity contribution in [1.29, 1.82) is 0 Å². The summed E-state index contributed by atoms with van der Waals surface area (Å²) in [5.74, 6) is -1.98. The molecule has 1 aromatic rings. The van der Waals surface area contributed by atoms with E-state index < -0.39 is 46.2 Å². The summed E-state index contributed by atoms with van der Waals surface area (Å²) in [5.41, 5.74) is 1.93. The predicted molar refractivity (Wildman–Crippen MR) is 111 cm³/mol. The van der Waals surface area contributed by atoms with Crippen molar-refractivity contribution < 1.29 is 31.1 Å². The van der Waals surface area contributed by atoms with Gasteiger partial charge in [0.15, 0.2) is 5.75 Å². The zero-order valence-electron chi connectivity index (χ0n) is 17.8. The monoisotopic (exact) mass is 463 g/mol. The number of aromatic nitrogens is 1. The standard InChI is InChI=1S/C20H28F3N3O4S/c1-13(2)16-8-5-7-15(24-16)11-18-17(25-31(28,29)12-20(21,22)23)9-6-10-26(18)19(27)30-14(3)4/h5,7-8,14,17-18,25H,1,6,9-12H2,2-4H3/t17-,18-/m0/s1. The van der Waals surface area contributed by atoms with E-state index in [0.29, 0.717) is 24.4 Å². The molecule has 0 radical (unpaired) electrons. The van der Waals surface area contributed by atoms with Gasteiger partial charge in [-0.25, -0.2) is 17.9 Å². The topological polar surface area (TPSA) is 88.6 Å². The number of pyridine rings is 1. The number of hydrogen-bond donors (Lipinski definition) is 1. The third-order valence-corrected chi connectivity index (χ3v) is 6.07. The van der Waals surface area contributed by atoms with Crippen LogP contribution >= 0.6 is 0 Å². The first-order valence-electron chi connectivity index (χ1n) is 9.93. The zero-order valence-corrected chi connectivity index (χ0v) is 18.6. The fourth-order valence-electron chi connectivity index (χ4n) is 3.48.